The highest BCUT2D eigenvalue weighted by Gasteiger charge is 2.32. The third kappa shape index (κ3) is 4.96. The van der Waals surface area contributed by atoms with Crippen molar-refractivity contribution in [1.82, 2.24) is 14.2 Å². The summed E-state index contributed by atoms with van der Waals surface area (Å²) in [4.78, 5) is 18.9. The molecule has 0 aliphatic carbocycles. The predicted molar refractivity (Wildman–Crippen MR) is 124 cm³/mol. The van der Waals surface area contributed by atoms with E-state index in [4.69, 9.17) is 16.3 Å². The molecule has 3 aromatic rings. The molecule has 1 aromatic heterocycles. The number of halogens is 1. The highest BCUT2D eigenvalue weighted by molar-refractivity contribution is 7.89. The molecule has 0 radical (unpaired) electrons. The van der Waals surface area contributed by atoms with Crippen LogP contribution in [0.4, 0.5) is 0 Å². The topological polar surface area (TPSA) is 79.8 Å². The number of aromatic nitrogens is 1. The van der Waals surface area contributed by atoms with Crippen molar-refractivity contribution < 1.29 is 17.9 Å². The summed E-state index contributed by atoms with van der Waals surface area (Å²) in [5.74, 6) is 0.534. The van der Waals surface area contributed by atoms with Gasteiger partial charge in [-0.25, -0.2) is 13.4 Å². The largest absolute Gasteiger partial charge is 0.486 e. The first kappa shape index (κ1) is 22.7. The summed E-state index contributed by atoms with van der Waals surface area (Å²) in [5.41, 5.74) is 1.50. The fourth-order valence-electron chi connectivity index (χ4n) is 3.34. The predicted octanol–water partition coefficient (Wildman–Crippen LogP) is 3.83. The van der Waals surface area contributed by atoms with Crippen LogP contribution in [0, 0.1) is 6.92 Å². The second-order valence-electron chi connectivity index (χ2n) is 7.35. The van der Waals surface area contributed by atoms with Crippen LogP contribution >= 0.6 is 22.9 Å². The molecule has 2 aromatic carbocycles. The van der Waals surface area contributed by atoms with Crippen LogP contribution in [0.15, 0.2) is 58.8 Å². The Morgan fingerprint density at radius 2 is 1.78 bits per heavy atom. The zero-order valence-electron chi connectivity index (χ0n) is 17.4. The second-order valence-corrected chi connectivity index (χ2v) is 10.6. The lowest BCUT2D eigenvalue weighted by molar-refractivity contribution is 0.0692. The van der Waals surface area contributed by atoms with Gasteiger partial charge >= 0.3 is 0 Å². The molecule has 4 rings (SSSR count). The Morgan fingerprint density at radius 1 is 1.09 bits per heavy atom. The van der Waals surface area contributed by atoms with E-state index in [2.05, 4.69) is 4.98 Å². The lowest BCUT2D eigenvalue weighted by atomic mass is 10.2. The Kier molecular flexibility index (Phi) is 6.80. The number of piperazine rings is 1. The Hall–Kier alpha value is -2.46. The Labute approximate surface area is 196 Å². The van der Waals surface area contributed by atoms with E-state index >= 15 is 0 Å². The van der Waals surface area contributed by atoms with Gasteiger partial charge in [-0.1, -0.05) is 41.4 Å². The minimum atomic E-state index is -3.71. The van der Waals surface area contributed by atoms with E-state index < -0.39 is 10.0 Å². The molecular formula is C22H22ClN3O4S2. The van der Waals surface area contributed by atoms with Crippen LogP contribution in [-0.4, -0.2) is 54.7 Å². The molecule has 0 saturated carbocycles. The number of thiazole rings is 1. The number of carbonyl (C=O) groups is 1. The molecule has 1 saturated heterocycles. The van der Waals surface area contributed by atoms with E-state index in [0.29, 0.717) is 10.7 Å². The van der Waals surface area contributed by atoms with Gasteiger partial charge in [-0.2, -0.15) is 4.31 Å². The van der Waals surface area contributed by atoms with E-state index in [1.807, 2.05) is 31.2 Å². The molecule has 1 amide bonds. The summed E-state index contributed by atoms with van der Waals surface area (Å²) in [7, 11) is -3.71. The first-order chi connectivity index (χ1) is 15.3. The molecule has 168 valence electrons. The molecule has 1 fully saturated rings. The van der Waals surface area contributed by atoms with Gasteiger partial charge < -0.3 is 9.64 Å². The quantitative estimate of drug-likeness (QED) is 0.523. The SMILES string of the molecule is Cc1ccc(OCc2nc(C(=O)N3CCN(S(=O)(=O)c4ccccc4Cl)CC3)cs2)cc1. The van der Waals surface area contributed by atoms with Crippen molar-refractivity contribution >= 4 is 38.9 Å². The summed E-state index contributed by atoms with van der Waals surface area (Å²) in [5, 5.41) is 2.60. The van der Waals surface area contributed by atoms with Crippen LogP contribution < -0.4 is 4.74 Å². The summed E-state index contributed by atoms with van der Waals surface area (Å²) in [6.07, 6.45) is 0. The molecule has 1 aliphatic heterocycles. The molecule has 1 aliphatic rings. The molecule has 0 N–H and O–H groups in total. The average Bonchev–Trinajstić information content (AvgIpc) is 3.27. The van der Waals surface area contributed by atoms with Crippen LogP contribution in [0.1, 0.15) is 21.1 Å². The lowest BCUT2D eigenvalue weighted by Crippen LogP contribution is -2.50. The zero-order chi connectivity index (χ0) is 22.7. The van der Waals surface area contributed by atoms with Crippen LogP contribution in [-0.2, 0) is 16.6 Å². The van der Waals surface area contributed by atoms with Gasteiger partial charge in [0.15, 0.2) is 0 Å². The van der Waals surface area contributed by atoms with Gasteiger partial charge in [-0.3, -0.25) is 4.79 Å². The molecule has 7 nitrogen and oxygen atoms in total. The maximum Gasteiger partial charge on any atom is 0.273 e. The first-order valence-electron chi connectivity index (χ1n) is 10.0. The fourth-order valence-corrected chi connectivity index (χ4v) is 5.94. The van der Waals surface area contributed by atoms with Crippen LogP contribution in [0.5, 0.6) is 5.75 Å². The molecule has 0 atom stereocenters. The third-order valence-corrected chi connectivity index (χ3v) is 8.36. The molecule has 32 heavy (non-hydrogen) atoms. The zero-order valence-corrected chi connectivity index (χ0v) is 19.8. The number of nitrogens with zero attached hydrogens (tertiary/aromatic N) is 3. The monoisotopic (exact) mass is 491 g/mol. The molecule has 0 unspecified atom stereocenters. The first-order valence-corrected chi connectivity index (χ1v) is 12.7. The van der Waals surface area contributed by atoms with E-state index in [1.165, 1.54) is 21.7 Å². The van der Waals surface area contributed by atoms with Crippen LogP contribution in [0.3, 0.4) is 0 Å². The van der Waals surface area contributed by atoms with E-state index in [0.717, 1.165) is 11.3 Å². The highest BCUT2D eigenvalue weighted by Crippen LogP contribution is 2.25. The van der Waals surface area contributed by atoms with Gasteiger partial charge in [0.05, 0.1) is 5.02 Å². The van der Waals surface area contributed by atoms with Crippen molar-refractivity contribution in [3.63, 3.8) is 0 Å². The fraction of sp³-hybridized carbons (Fsp3) is 0.273. The number of rotatable bonds is 6. The van der Waals surface area contributed by atoms with Crippen molar-refractivity contribution in [3.8, 4) is 5.75 Å². The molecule has 0 bridgehead atoms. The van der Waals surface area contributed by atoms with Gasteiger partial charge in [0.1, 0.15) is 28.0 Å². The molecular weight excluding hydrogens is 470 g/mol. The number of benzene rings is 2. The van der Waals surface area contributed by atoms with Crippen molar-refractivity contribution in [1.29, 1.82) is 0 Å². The Morgan fingerprint density at radius 3 is 2.47 bits per heavy atom. The second kappa shape index (κ2) is 9.58. The summed E-state index contributed by atoms with van der Waals surface area (Å²) < 4.78 is 32.8. The Balaban J connectivity index is 1.34. The minimum absolute atomic E-state index is 0.0826. The summed E-state index contributed by atoms with van der Waals surface area (Å²) in [6, 6.07) is 14.1. The maximum absolute atomic E-state index is 12.9. The van der Waals surface area contributed by atoms with E-state index in [9.17, 15) is 13.2 Å². The summed E-state index contributed by atoms with van der Waals surface area (Å²) >= 11 is 7.44. The normalized spacial score (nSPS) is 15.0. The average molecular weight is 492 g/mol. The number of hydrogen-bond acceptors (Lipinski definition) is 6. The van der Waals surface area contributed by atoms with Gasteiger partial charge in [0.2, 0.25) is 10.0 Å². The maximum atomic E-state index is 12.9. The number of hydrogen-bond donors (Lipinski definition) is 0. The Bertz CT molecular complexity index is 1200. The van der Waals surface area contributed by atoms with E-state index in [1.54, 1.807) is 28.5 Å². The number of ether oxygens (including phenoxy) is 1. The van der Waals surface area contributed by atoms with Crippen molar-refractivity contribution in [3.05, 3.63) is 75.2 Å². The van der Waals surface area contributed by atoms with Crippen molar-refractivity contribution in [2.75, 3.05) is 26.2 Å². The van der Waals surface area contributed by atoms with Crippen molar-refractivity contribution in [2.24, 2.45) is 0 Å². The highest BCUT2D eigenvalue weighted by atomic mass is 35.5. The van der Waals surface area contributed by atoms with E-state index in [-0.39, 0.29) is 48.6 Å². The van der Waals surface area contributed by atoms with Gasteiger partial charge in [-0.15, -0.1) is 11.3 Å². The standard InChI is InChI=1S/C22H22ClN3O4S2/c1-16-6-8-17(9-7-16)30-14-21-24-19(15-31-21)22(27)25-10-12-26(13-11-25)32(28,29)20-5-3-2-4-18(20)23/h2-9,15H,10-14H2,1H3. The smallest absolute Gasteiger partial charge is 0.273 e. The lowest BCUT2D eigenvalue weighted by Gasteiger charge is -2.33. The number of amides is 1. The van der Waals surface area contributed by atoms with Crippen LogP contribution in [0.2, 0.25) is 5.02 Å². The minimum Gasteiger partial charge on any atom is -0.486 e. The summed E-state index contributed by atoms with van der Waals surface area (Å²) in [6.45, 7) is 3.27. The molecule has 0 spiro atoms. The van der Waals surface area contributed by atoms with Gasteiger partial charge in [0, 0.05) is 31.6 Å². The van der Waals surface area contributed by atoms with Gasteiger partial charge in [-0.05, 0) is 31.2 Å². The molecule has 10 heteroatoms. The van der Waals surface area contributed by atoms with Crippen molar-refractivity contribution in [2.45, 2.75) is 18.4 Å². The number of carbonyl (C=O) groups excluding carboxylic acids is 1. The molecule has 2 heterocycles. The number of aryl methyl sites for hydroxylation is 1. The number of sulfonamides is 1. The van der Waals surface area contributed by atoms with Crippen LogP contribution in [0.25, 0.3) is 0 Å². The third-order valence-electron chi connectivity index (χ3n) is 5.13. The van der Waals surface area contributed by atoms with Gasteiger partial charge in [0.25, 0.3) is 5.91 Å².